The van der Waals surface area contributed by atoms with Crippen LogP contribution in [-0.4, -0.2) is 37.7 Å². The normalized spacial score (nSPS) is 9.70. The first-order valence-electron chi connectivity index (χ1n) is 2.66. The molecule has 1 heterocycles. The molecule has 10 heavy (non-hydrogen) atoms. The molecule has 1 N–H and O–H groups in total. The minimum Gasteiger partial charge on any atom is -0.389 e. The third kappa shape index (κ3) is 1.59. The van der Waals surface area contributed by atoms with Gasteiger partial charge in [0.15, 0.2) is 5.78 Å². The van der Waals surface area contributed by atoms with Crippen LogP contribution in [0.3, 0.4) is 0 Å². The molecule has 0 atom stereocenters. The molecule has 6 nitrogen and oxygen atoms in total. The average Bonchev–Trinajstić information content (AvgIpc) is 2.40. The van der Waals surface area contributed by atoms with E-state index in [1.807, 2.05) is 0 Å². The molecule has 0 spiro atoms. The third-order valence-electron chi connectivity index (χ3n) is 0.906. The Morgan fingerprint density at radius 1 is 1.70 bits per heavy atom. The van der Waals surface area contributed by atoms with Gasteiger partial charge in [0.2, 0.25) is 0 Å². The first kappa shape index (κ1) is 6.81. The molecule has 0 saturated carbocycles. The van der Waals surface area contributed by atoms with Crippen LogP contribution in [0.5, 0.6) is 0 Å². The van der Waals surface area contributed by atoms with Crippen LogP contribution in [-0.2, 0) is 11.3 Å². The molecule has 0 aliphatic carbocycles. The van der Waals surface area contributed by atoms with Crippen molar-refractivity contribution in [3.05, 3.63) is 6.33 Å². The molecule has 0 unspecified atom stereocenters. The Bertz CT molecular complexity index is 207. The molecular formula is C4H6N4O2. The molecule has 1 rings (SSSR count). The van der Waals surface area contributed by atoms with E-state index in [-0.39, 0.29) is 12.3 Å². The summed E-state index contributed by atoms with van der Waals surface area (Å²) in [6, 6.07) is 0. The lowest BCUT2D eigenvalue weighted by Crippen LogP contribution is -2.13. The van der Waals surface area contributed by atoms with Gasteiger partial charge in [-0.2, -0.15) is 0 Å². The monoisotopic (exact) mass is 142 g/mol. The Morgan fingerprint density at radius 3 is 3.00 bits per heavy atom. The molecule has 0 aromatic carbocycles. The molecule has 0 bridgehead atoms. The molecular weight excluding hydrogens is 136 g/mol. The van der Waals surface area contributed by atoms with Crippen LogP contribution >= 0.6 is 0 Å². The van der Waals surface area contributed by atoms with E-state index in [0.717, 1.165) is 0 Å². The fraction of sp³-hybridized carbons (Fsp3) is 0.500. The lowest BCUT2D eigenvalue weighted by atomic mass is 10.4. The standard InChI is InChI=1S/C4H6N4O2/c9-2-4(10)1-8-3-5-6-7-8/h3,9H,1-2H2. The Balaban J connectivity index is 2.48. The van der Waals surface area contributed by atoms with E-state index < -0.39 is 6.61 Å². The van der Waals surface area contributed by atoms with Crippen LogP contribution in [0.15, 0.2) is 6.33 Å². The Hall–Kier alpha value is -1.30. The van der Waals surface area contributed by atoms with Gasteiger partial charge >= 0.3 is 0 Å². The molecule has 0 saturated heterocycles. The lowest BCUT2D eigenvalue weighted by Gasteiger charge is -1.92. The minimum absolute atomic E-state index is 0.0312. The van der Waals surface area contributed by atoms with Gasteiger partial charge in [0.1, 0.15) is 19.5 Å². The first-order valence-corrected chi connectivity index (χ1v) is 2.66. The van der Waals surface area contributed by atoms with E-state index in [1.54, 1.807) is 0 Å². The molecule has 6 heteroatoms. The predicted molar refractivity (Wildman–Crippen MR) is 29.9 cm³/mol. The van der Waals surface area contributed by atoms with Crippen LogP contribution in [0, 0.1) is 0 Å². The third-order valence-corrected chi connectivity index (χ3v) is 0.906. The zero-order valence-electron chi connectivity index (χ0n) is 5.14. The van der Waals surface area contributed by atoms with E-state index in [0.29, 0.717) is 0 Å². The summed E-state index contributed by atoms with van der Waals surface area (Å²) in [6.07, 6.45) is 1.31. The predicted octanol–water partition coefficient (Wildman–Crippen LogP) is -1.77. The highest BCUT2D eigenvalue weighted by Crippen LogP contribution is 1.78. The maximum atomic E-state index is 10.5. The van der Waals surface area contributed by atoms with Crippen molar-refractivity contribution in [2.24, 2.45) is 0 Å². The molecule has 0 radical (unpaired) electrons. The smallest absolute Gasteiger partial charge is 0.179 e. The van der Waals surface area contributed by atoms with Gasteiger partial charge in [-0.15, -0.1) is 5.10 Å². The number of hydrogen-bond donors (Lipinski definition) is 1. The van der Waals surface area contributed by atoms with Crippen molar-refractivity contribution in [2.75, 3.05) is 6.61 Å². The topological polar surface area (TPSA) is 80.9 Å². The number of carbonyl (C=O) groups is 1. The molecule has 0 aliphatic heterocycles. The number of aliphatic hydroxyl groups excluding tert-OH is 1. The van der Waals surface area contributed by atoms with Gasteiger partial charge in [-0.1, -0.05) is 0 Å². The first-order chi connectivity index (χ1) is 4.83. The highest BCUT2D eigenvalue weighted by molar-refractivity contribution is 5.78. The van der Waals surface area contributed by atoms with Crippen LogP contribution in [0.4, 0.5) is 0 Å². The van der Waals surface area contributed by atoms with Gasteiger partial charge in [0, 0.05) is 0 Å². The van der Waals surface area contributed by atoms with Gasteiger partial charge in [0.05, 0.1) is 0 Å². The number of rotatable bonds is 3. The molecule has 54 valence electrons. The summed E-state index contributed by atoms with van der Waals surface area (Å²) in [5.74, 6) is -0.313. The number of hydrogen-bond acceptors (Lipinski definition) is 5. The summed E-state index contributed by atoms with van der Waals surface area (Å²) in [4.78, 5) is 10.5. The number of aromatic nitrogens is 4. The highest BCUT2D eigenvalue weighted by atomic mass is 16.3. The number of ketones is 1. The second-order valence-electron chi connectivity index (χ2n) is 1.70. The Kier molecular flexibility index (Phi) is 2.06. The fourth-order valence-corrected chi connectivity index (χ4v) is 0.483. The van der Waals surface area contributed by atoms with Gasteiger partial charge in [-0.25, -0.2) is 4.68 Å². The summed E-state index contributed by atoms with van der Waals surface area (Å²) in [7, 11) is 0. The fourth-order valence-electron chi connectivity index (χ4n) is 0.483. The largest absolute Gasteiger partial charge is 0.389 e. The maximum absolute atomic E-state index is 10.5. The number of aliphatic hydroxyl groups is 1. The second-order valence-corrected chi connectivity index (χ2v) is 1.70. The molecule has 0 aliphatic rings. The van der Waals surface area contributed by atoms with Crippen molar-refractivity contribution in [1.29, 1.82) is 0 Å². The summed E-state index contributed by atoms with van der Waals surface area (Å²) >= 11 is 0. The quantitative estimate of drug-likeness (QED) is 0.540. The van der Waals surface area contributed by atoms with Crippen LogP contribution < -0.4 is 0 Å². The van der Waals surface area contributed by atoms with Crippen molar-refractivity contribution >= 4 is 5.78 Å². The highest BCUT2D eigenvalue weighted by Gasteiger charge is 2.00. The van der Waals surface area contributed by atoms with E-state index in [4.69, 9.17) is 5.11 Å². The zero-order valence-corrected chi connectivity index (χ0v) is 5.14. The summed E-state index contributed by atoms with van der Waals surface area (Å²) in [5, 5.41) is 18.3. The van der Waals surface area contributed by atoms with E-state index in [9.17, 15) is 4.79 Å². The van der Waals surface area contributed by atoms with Crippen LogP contribution in [0.25, 0.3) is 0 Å². The number of Topliss-reactive ketones (excluding diaryl/α,β-unsaturated/α-hetero) is 1. The molecule has 0 amide bonds. The van der Waals surface area contributed by atoms with Gasteiger partial charge < -0.3 is 5.11 Å². The summed E-state index contributed by atoms with van der Waals surface area (Å²) < 4.78 is 1.25. The van der Waals surface area contributed by atoms with E-state index in [2.05, 4.69) is 15.5 Å². The van der Waals surface area contributed by atoms with Gasteiger partial charge in [-0.05, 0) is 10.4 Å². The summed E-state index contributed by atoms with van der Waals surface area (Å²) in [5.41, 5.74) is 0. The summed E-state index contributed by atoms with van der Waals surface area (Å²) in [6.45, 7) is -0.441. The van der Waals surface area contributed by atoms with Crippen LogP contribution in [0.2, 0.25) is 0 Å². The van der Waals surface area contributed by atoms with Crippen molar-refractivity contribution < 1.29 is 9.90 Å². The van der Waals surface area contributed by atoms with E-state index >= 15 is 0 Å². The second kappa shape index (κ2) is 3.02. The number of nitrogens with zero attached hydrogens (tertiary/aromatic N) is 4. The molecule has 1 aromatic heterocycles. The van der Waals surface area contributed by atoms with Crippen molar-refractivity contribution in [2.45, 2.75) is 6.54 Å². The molecule has 0 fully saturated rings. The van der Waals surface area contributed by atoms with Crippen molar-refractivity contribution in [1.82, 2.24) is 20.2 Å². The lowest BCUT2D eigenvalue weighted by molar-refractivity contribution is -0.122. The maximum Gasteiger partial charge on any atom is 0.179 e. The van der Waals surface area contributed by atoms with Crippen molar-refractivity contribution in [3.63, 3.8) is 0 Å². The Morgan fingerprint density at radius 2 is 2.50 bits per heavy atom. The SMILES string of the molecule is O=C(CO)Cn1cnnn1. The van der Waals surface area contributed by atoms with Gasteiger partial charge in [-0.3, -0.25) is 4.79 Å². The zero-order chi connectivity index (χ0) is 7.40. The van der Waals surface area contributed by atoms with E-state index in [1.165, 1.54) is 11.0 Å². The Labute approximate surface area is 56.5 Å². The average molecular weight is 142 g/mol. The van der Waals surface area contributed by atoms with Crippen LogP contribution in [0.1, 0.15) is 0 Å². The minimum atomic E-state index is -0.472. The van der Waals surface area contributed by atoms with Crippen molar-refractivity contribution in [3.8, 4) is 0 Å². The molecule has 1 aromatic rings. The number of tetrazole rings is 1. The van der Waals surface area contributed by atoms with Gasteiger partial charge in [0.25, 0.3) is 0 Å². The number of carbonyl (C=O) groups excluding carboxylic acids is 1.